The zero-order valence-corrected chi connectivity index (χ0v) is 11.0. The van der Waals surface area contributed by atoms with E-state index < -0.39 is 0 Å². The monoisotopic (exact) mass is 248 g/mol. The lowest BCUT2D eigenvalue weighted by molar-refractivity contribution is -0.124. The van der Waals surface area contributed by atoms with Crippen LogP contribution < -0.4 is 10.6 Å². The van der Waals surface area contributed by atoms with Crippen molar-refractivity contribution in [3.8, 4) is 0 Å². The van der Waals surface area contributed by atoms with E-state index in [1.807, 2.05) is 0 Å². The first kappa shape index (κ1) is 11.3. The summed E-state index contributed by atoms with van der Waals surface area (Å²) in [6.07, 6.45) is 9.27. The van der Waals surface area contributed by atoms with Gasteiger partial charge in [0.15, 0.2) is 0 Å². The molecule has 3 atom stereocenters. The summed E-state index contributed by atoms with van der Waals surface area (Å²) < 4.78 is 0. The molecule has 0 spiro atoms. The Bertz CT molecular complexity index is 336. The predicted molar refractivity (Wildman–Crippen MR) is 70.0 cm³/mol. The Balaban J connectivity index is 1.40. The lowest BCUT2D eigenvalue weighted by Crippen LogP contribution is -2.49. The molecule has 3 saturated carbocycles. The summed E-state index contributed by atoms with van der Waals surface area (Å²) in [7, 11) is 0. The molecule has 2 N–H and O–H groups in total. The number of rotatable bonds is 4. The molecule has 1 amide bonds. The Morgan fingerprint density at radius 3 is 2.44 bits per heavy atom. The molecule has 1 aliphatic heterocycles. The van der Waals surface area contributed by atoms with Crippen LogP contribution in [0.25, 0.3) is 0 Å². The maximum Gasteiger partial charge on any atom is 0.237 e. The van der Waals surface area contributed by atoms with Crippen LogP contribution in [0.2, 0.25) is 0 Å². The Labute approximate surface area is 109 Å². The second-order valence-corrected chi connectivity index (χ2v) is 6.95. The number of carbonyl (C=O) groups is 1. The third-order valence-corrected chi connectivity index (χ3v) is 5.60. The van der Waals surface area contributed by atoms with Crippen LogP contribution >= 0.6 is 0 Å². The van der Waals surface area contributed by atoms with Crippen LogP contribution in [-0.4, -0.2) is 24.5 Å². The minimum absolute atomic E-state index is 0.123. The molecule has 18 heavy (non-hydrogen) atoms. The molecule has 1 saturated heterocycles. The van der Waals surface area contributed by atoms with Gasteiger partial charge in [0.2, 0.25) is 5.91 Å². The van der Waals surface area contributed by atoms with Gasteiger partial charge >= 0.3 is 0 Å². The predicted octanol–water partition coefficient (Wildman–Crippen LogP) is 1.68. The molecule has 4 fully saturated rings. The minimum atomic E-state index is 0.123. The van der Waals surface area contributed by atoms with Gasteiger partial charge in [-0.1, -0.05) is 6.42 Å². The average molecular weight is 248 g/mol. The first-order chi connectivity index (χ1) is 8.83. The van der Waals surface area contributed by atoms with Crippen LogP contribution in [0.4, 0.5) is 0 Å². The molecular weight excluding hydrogens is 224 g/mol. The van der Waals surface area contributed by atoms with Gasteiger partial charge in [0.05, 0.1) is 6.04 Å². The van der Waals surface area contributed by atoms with Gasteiger partial charge in [-0.2, -0.15) is 0 Å². The Hall–Kier alpha value is -0.570. The lowest BCUT2D eigenvalue weighted by Gasteiger charge is -2.23. The maximum absolute atomic E-state index is 12.5. The van der Waals surface area contributed by atoms with E-state index in [-0.39, 0.29) is 6.04 Å². The average Bonchev–Trinajstić information content (AvgIpc) is 3.26. The van der Waals surface area contributed by atoms with Crippen LogP contribution in [0, 0.1) is 23.7 Å². The molecule has 0 radical (unpaired) electrons. The first-order valence-electron chi connectivity index (χ1n) is 7.86. The zero-order chi connectivity index (χ0) is 12.1. The van der Waals surface area contributed by atoms with Crippen molar-refractivity contribution in [1.29, 1.82) is 0 Å². The van der Waals surface area contributed by atoms with Crippen molar-refractivity contribution in [2.24, 2.45) is 23.7 Å². The van der Waals surface area contributed by atoms with Gasteiger partial charge in [0.25, 0.3) is 0 Å². The SMILES string of the molecule is O=C(NC(C1CC1)C1CC1)C1NCC2CCCC21. The third-order valence-electron chi connectivity index (χ3n) is 5.60. The third kappa shape index (κ3) is 1.97. The van der Waals surface area contributed by atoms with Crippen molar-refractivity contribution in [2.75, 3.05) is 6.54 Å². The number of nitrogens with one attached hydrogen (secondary N) is 2. The van der Waals surface area contributed by atoms with E-state index in [1.54, 1.807) is 0 Å². The second kappa shape index (κ2) is 4.22. The molecule has 100 valence electrons. The lowest BCUT2D eigenvalue weighted by atomic mass is 9.93. The van der Waals surface area contributed by atoms with Gasteiger partial charge in [0.1, 0.15) is 0 Å². The molecule has 0 aromatic heterocycles. The van der Waals surface area contributed by atoms with Gasteiger partial charge in [0, 0.05) is 6.04 Å². The van der Waals surface area contributed by atoms with Gasteiger partial charge < -0.3 is 10.6 Å². The van der Waals surface area contributed by atoms with Crippen molar-refractivity contribution in [3.63, 3.8) is 0 Å². The molecule has 0 aromatic rings. The smallest absolute Gasteiger partial charge is 0.237 e. The largest absolute Gasteiger partial charge is 0.351 e. The number of hydrogen-bond donors (Lipinski definition) is 2. The highest BCUT2D eigenvalue weighted by Crippen LogP contribution is 2.45. The fraction of sp³-hybridized carbons (Fsp3) is 0.933. The highest BCUT2D eigenvalue weighted by Gasteiger charge is 2.46. The summed E-state index contributed by atoms with van der Waals surface area (Å²) in [6, 6.07) is 0.636. The zero-order valence-electron chi connectivity index (χ0n) is 11.0. The fourth-order valence-corrected chi connectivity index (χ4v) is 4.26. The maximum atomic E-state index is 12.5. The van der Waals surface area contributed by atoms with E-state index >= 15 is 0 Å². The number of fused-ring (bicyclic) bond motifs is 1. The molecule has 0 aromatic carbocycles. The molecule has 3 heteroatoms. The van der Waals surface area contributed by atoms with Crippen molar-refractivity contribution < 1.29 is 4.79 Å². The summed E-state index contributed by atoms with van der Waals surface area (Å²) in [5.74, 6) is 3.34. The summed E-state index contributed by atoms with van der Waals surface area (Å²) in [5, 5.41) is 6.86. The van der Waals surface area contributed by atoms with Crippen molar-refractivity contribution in [1.82, 2.24) is 10.6 Å². The molecule has 1 heterocycles. The van der Waals surface area contributed by atoms with Crippen LogP contribution in [0.15, 0.2) is 0 Å². The second-order valence-electron chi connectivity index (χ2n) is 6.95. The number of amides is 1. The van der Waals surface area contributed by atoms with Crippen LogP contribution in [0.5, 0.6) is 0 Å². The number of hydrogen-bond acceptors (Lipinski definition) is 2. The molecule has 4 aliphatic rings. The normalized spacial score (nSPS) is 39.1. The molecule has 3 nitrogen and oxygen atoms in total. The van der Waals surface area contributed by atoms with E-state index in [1.165, 1.54) is 44.9 Å². The molecular formula is C15H24N2O. The minimum Gasteiger partial charge on any atom is -0.351 e. The summed E-state index contributed by atoms with van der Waals surface area (Å²) in [5.41, 5.74) is 0. The standard InChI is InChI=1S/C15H24N2O/c18-15(14-12-3-1-2-11(12)8-16-14)17-13(9-4-5-9)10-6-7-10/h9-14,16H,1-8H2,(H,17,18). The van der Waals surface area contributed by atoms with Crippen molar-refractivity contribution >= 4 is 5.91 Å². The van der Waals surface area contributed by atoms with E-state index in [4.69, 9.17) is 0 Å². The molecule has 3 unspecified atom stereocenters. The van der Waals surface area contributed by atoms with E-state index in [2.05, 4.69) is 10.6 Å². The Morgan fingerprint density at radius 1 is 1.06 bits per heavy atom. The Morgan fingerprint density at radius 2 is 1.78 bits per heavy atom. The van der Waals surface area contributed by atoms with Gasteiger partial charge in [-0.05, 0) is 68.7 Å². The summed E-state index contributed by atoms with van der Waals surface area (Å²) in [6.45, 7) is 1.07. The molecule has 0 bridgehead atoms. The molecule has 3 aliphatic carbocycles. The summed E-state index contributed by atoms with van der Waals surface area (Å²) in [4.78, 5) is 12.5. The first-order valence-corrected chi connectivity index (χ1v) is 7.86. The fourth-order valence-electron chi connectivity index (χ4n) is 4.26. The summed E-state index contributed by atoms with van der Waals surface area (Å²) >= 11 is 0. The van der Waals surface area contributed by atoms with Gasteiger partial charge in [-0.25, -0.2) is 0 Å². The van der Waals surface area contributed by atoms with E-state index in [0.717, 1.165) is 24.3 Å². The van der Waals surface area contributed by atoms with E-state index in [9.17, 15) is 4.79 Å². The van der Waals surface area contributed by atoms with Crippen molar-refractivity contribution in [2.45, 2.75) is 57.0 Å². The highest BCUT2D eigenvalue weighted by atomic mass is 16.2. The van der Waals surface area contributed by atoms with Crippen LogP contribution in [0.1, 0.15) is 44.9 Å². The van der Waals surface area contributed by atoms with Crippen LogP contribution in [0.3, 0.4) is 0 Å². The van der Waals surface area contributed by atoms with E-state index in [0.29, 0.717) is 17.9 Å². The number of carbonyl (C=O) groups excluding carboxylic acids is 1. The molecule has 4 rings (SSSR count). The van der Waals surface area contributed by atoms with Gasteiger partial charge in [-0.3, -0.25) is 4.79 Å². The topological polar surface area (TPSA) is 41.1 Å². The highest BCUT2D eigenvalue weighted by molar-refractivity contribution is 5.83. The quantitative estimate of drug-likeness (QED) is 0.795. The Kier molecular flexibility index (Phi) is 2.65. The van der Waals surface area contributed by atoms with Crippen molar-refractivity contribution in [3.05, 3.63) is 0 Å². The van der Waals surface area contributed by atoms with Gasteiger partial charge in [-0.15, -0.1) is 0 Å². The van der Waals surface area contributed by atoms with Crippen LogP contribution in [-0.2, 0) is 4.79 Å².